The van der Waals surface area contributed by atoms with Crippen molar-refractivity contribution in [3.63, 3.8) is 0 Å². The molecule has 5 nitrogen and oxygen atoms in total. The predicted molar refractivity (Wildman–Crippen MR) is 132 cm³/mol. The first kappa shape index (κ1) is 23.2. The van der Waals surface area contributed by atoms with E-state index in [2.05, 4.69) is 53.3 Å². The van der Waals surface area contributed by atoms with Gasteiger partial charge in [-0.15, -0.1) is 6.58 Å². The number of nitrogens with zero attached hydrogens (tertiary/aromatic N) is 1. The smallest absolute Gasteiger partial charge is 0.144 e. The minimum absolute atomic E-state index is 0.153. The van der Waals surface area contributed by atoms with Crippen LogP contribution in [0.5, 0.6) is 5.75 Å². The SMILES string of the molecule is C=CCC.CNC(c1ccc(N2CCOCC2)cc1)c1cc(Cl)c2c(c1O)NCC=C2. The van der Waals surface area contributed by atoms with Crippen LogP contribution in [0.4, 0.5) is 11.4 Å². The highest BCUT2D eigenvalue weighted by atomic mass is 35.5. The number of phenols is 1. The summed E-state index contributed by atoms with van der Waals surface area (Å²) < 4.78 is 5.43. The normalized spacial score (nSPS) is 15.9. The number of allylic oxidation sites excluding steroid dienone is 1. The minimum atomic E-state index is -0.153. The van der Waals surface area contributed by atoms with Crippen LogP contribution in [0.1, 0.15) is 36.1 Å². The number of rotatable bonds is 5. The molecule has 0 aliphatic carbocycles. The van der Waals surface area contributed by atoms with Crippen molar-refractivity contribution in [2.45, 2.75) is 19.4 Å². The number of hydrogen-bond donors (Lipinski definition) is 3. The maximum atomic E-state index is 10.9. The third-order valence-corrected chi connectivity index (χ3v) is 5.80. The number of ether oxygens (including phenoxy) is 1. The van der Waals surface area contributed by atoms with Gasteiger partial charge in [-0.2, -0.15) is 0 Å². The fourth-order valence-electron chi connectivity index (χ4n) is 3.77. The van der Waals surface area contributed by atoms with E-state index in [1.165, 1.54) is 5.69 Å². The first-order valence-corrected chi connectivity index (χ1v) is 11.1. The Morgan fingerprint density at radius 1 is 1.29 bits per heavy atom. The van der Waals surface area contributed by atoms with Gasteiger partial charge < -0.3 is 25.4 Å². The summed E-state index contributed by atoms with van der Waals surface area (Å²) in [5, 5.41) is 18.0. The van der Waals surface area contributed by atoms with Crippen LogP contribution in [0.3, 0.4) is 0 Å². The Hall–Kier alpha value is -2.47. The Balaban J connectivity index is 0.000000628. The molecule has 1 unspecified atom stereocenters. The molecule has 1 atom stereocenters. The number of halogens is 1. The van der Waals surface area contributed by atoms with Crippen LogP contribution in [0.25, 0.3) is 6.08 Å². The molecule has 3 N–H and O–H groups in total. The lowest BCUT2D eigenvalue weighted by molar-refractivity contribution is 0.122. The maximum Gasteiger partial charge on any atom is 0.144 e. The van der Waals surface area contributed by atoms with E-state index in [0.29, 0.717) is 17.3 Å². The van der Waals surface area contributed by atoms with Gasteiger partial charge in [0, 0.05) is 36.4 Å². The number of benzene rings is 2. The molecule has 31 heavy (non-hydrogen) atoms. The number of fused-ring (bicyclic) bond motifs is 1. The monoisotopic (exact) mass is 441 g/mol. The van der Waals surface area contributed by atoms with Crippen LogP contribution in [-0.4, -0.2) is 45.0 Å². The Kier molecular flexibility index (Phi) is 8.41. The standard InChI is InChI=1S/C21H24ClN3O2.C4H8/c1-23-19(14-4-6-15(7-5-14)25-9-11-27-12-10-25)17-13-18(22)16-3-2-8-24-20(16)21(17)26;1-3-4-2/h2-7,13,19,23-24,26H,8-12H2,1H3;3H,1,4H2,2H3. The van der Waals surface area contributed by atoms with Crippen molar-refractivity contribution in [1.29, 1.82) is 0 Å². The molecule has 0 radical (unpaired) electrons. The molecule has 0 amide bonds. The van der Waals surface area contributed by atoms with Crippen LogP contribution < -0.4 is 15.5 Å². The zero-order valence-electron chi connectivity index (χ0n) is 18.3. The van der Waals surface area contributed by atoms with Crippen molar-refractivity contribution < 1.29 is 9.84 Å². The maximum absolute atomic E-state index is 10.9. The highest BCUT2D eigenvalue weighted by Gasteiger charge is 2.23. The van der Waals surface area contributed by atoms with Crippen molar-refractivity contribution in [3.8, 4) is 5.75 Å². The average molecular weight is 442 g/mol. The molecular weight excluding hydrogens is 410 g/mol. The van der Waals surface area contributed by atoms with E-state index in [1.54, 1.807) is 0 Å². The highest BCUT2D eigenvalue weighted by Crippen LogP contribution is 2.42. The van der Waals surface area contributed by atoms with Gasteiger partial charge in [-0.3, -0.25) is 0 Å². The molecule has 166 valence electrons. The molecule has 2 aromatic carbocycles. The second kappa shape index (κ2) is 11.2. The molecule has 6 heteroatoms. The average Bonchev–Trinajstić information content (AvgIpc) is 2.84. The first-order chi connectivity index (χ1) is 15.1. The Labute approximate surface area is 190 Å². The molecule has 0 saturated carbocycles. The summed E-state index contributed by atoms with van der Waals surface area (Å²) in [4.78, 5) is 2.32. The molecule has 0 spiro atoms. The number of aromatic hydroxyl groups is 1. The van der Waals surface area contributed by atoms with E-state index in [1.807, 2.05) is 31.3 Å². The van der Waals surface area contributed by atoms with E-state index >= 15 is 0 Å². The third kappa shape index (κ3) is 5.42. The summed E-state index contributed by atoms with van der Waals surface area (Å²) in [6.07, 6.45) is 6.90. The summed E-state index contributed by atoms with van der Waals surface area (Å²) in [5.74, 6) is 0.246. The van der Waals surface area contributed by atoms with Crippen LogP contribution >= 0.6 is 11.6 Å². The molecule has 2 heterocycles. The molecule has 2 aliphatic rings. The number of phenolic OH excluding ortho intramolecular Hbond substituents is 1. The topological polar surface area (TPSA) is 56.8 Å². The second-order valence-corrected chi connectivity index (χ2v) is 7.88. The Bertz CT molecular complexity index is 906. The summed E-state index contributed by atoms with van der Waals surface area (Å²) in [6, 6.07) is 10.2. The summed E-state index contributed by atoms with van der Waals surface area (Å²) >= 11 is 6.49. The number of anilines is 2. The highest BCUT2D eigenvalue weighted by molar-refractivity contribution is 6.33. The van der Waals surface area contributed by atoms with Gasteiger partial charge in [0.1, 0.15) is 5.75 Å². The van der Waals surface area contributed by atoms with Gasteiger partial charge in [0.15, 0.2) is 0 Å². The van der Waals surface area contributed by atoms with Gasteiger partial charge in [0.2, 0.25) is 0 Å². The van der Waals surface area contributed by atoms with Crippen molar-refractivity contribution >= 4 is 29.1 Å². The summed E-state index contributed by atoms with van der Waals surface area (Å²) in [6.45, 7) is 9.58. The predicted octanol–water partition coefficient (Wildman–Crippen LogP) is 5.21. The molecule has 0 aromatic heterocycles. The zero-order valence-corrected chi connectivity index (χ0v) is 19.1. The fraction of sp³-hybridized carbons (Fsp3) is 0.360. The van der Waals surface area contributed by atoms with E-state index in [-0.39, 0.29) is 11.8 Å². The minimum Gasteiger partial charge on any atom is -0.505 e. The first-order valence-electron chi connectivity index (χ1n) is 10.8. The van der Waals surface area contributed by atoms with Crippen LogP contribution in [0.15, 0.2) is 49.1 Å². The van der Waals surface area contributed by atoms with Crippen molar-refractivity contribution in [2.75, 3.05) is 50.1 Å². The largest absolute Gasteiger partial charge is 0.505 e. The molecule has 4 rings (SSSR count). The number of nitrogens with one attached hydrogen (secondary N) is 2. The van der Waals surface area contributed by atoms with Crippen LogP contribution in [-0.2, 0) is 4.74 Å². The van der Waals surface area contributed by atoms with E-state index in [4.69, 9.17) is 16.3 Å². The molecule has 1 saturated heterocycles. The van der Waals surface area contributed by atoms with Gasteiger partial charge in [-0.1, -0.05) is 48.9 Å². The zero-order chi connectivity index (χ0) is 22.2. The van der Waals surface area contributed by atoms with Crippen molar-refractivity contribution in [1.82, 2.24) is 5.32 Å². The number of morpholine rings is 1. The molecular formula is C25H32ClN3O2. The lowest BCUT2D eigenvalue weighted by Gasteiger charge is -2.29. The lowest BCUT2D eigenvalue weighted by atomic mass is 9.94. The van der Waals surface area contributed by atoms with Gasteiger partial charge in [0.05, 0.1) is 30.0 Å². The van der Waals surface area contributed by atoms with Gasteiger partial charge >= 0.3 is 0 Å². The van der Waals surface area contributed by atoms with Crippen LogP contribution in [0, 0.1) is 0 Å². The molecule has 0 bridgehead atoms. The van der Waals surface area contributed by atoms with Gasteiger partial charge in [0.25, 0.3) is 0 Å². The molecule has 1 fully saturated rings. The van der Waals surface area contributed by atoms with Gasteiger partial charge in [-0.05, 0) is 37.2 Å². The quantitative estimate of drug-likeness (QED) is 0.439. The van der Waals surface area contributed by atoms with Crippen molar-refractivity contribution in [3.05, 3.63) is 70.8 Å². The Morgan fingerprint density at radius 2 is 1.97 bits per heavy atom. The fourth-order valence-corrected chi connectivity index (χ4v) is 4.05. The molecule has 2 aliphatic heterocycles. The van der Waals surface area contributed by atoms with E-state index < -0.39 is 0 Å². The number of hydrogen-bond acceptors (Lipinski definition) is 5. The van der Waals surface area contributed by atoms with E-state index in [9.17, 15) is 5.11 Å². The summed E-state index contributed by atoms with van der Waals surface area (Å²) in [7, 11) is 1.89. The second-order valence-electron chi connectivity index (χ2n) is 7.48. The van der Waals surface area contributed by atoms with Crippen molar-refractivity contribution in [2.24, 2.45) is 0 Å². The molecule has 2 aromatic rings. The Morgan fingerprint density at radius 3 is 2.58 bits per heavy atom. The third-order valence-electron chi connectivity index (χ3n) is 5.49. The summed E-state index contributed by atoms with van der Waals surface area (Å²) in [5.41, 5.74) is 4.57. The lowest BCUT2D eigenvalue weighted by Crippen LogP contribution is -2.36. The van der Waals surface area contributed by atoms with Gasteiger partial charge in [-0.25, -0.2) is 0 Å². The van der Waals surface area contributed by atoms with Crippen LogP contribution in [0.2, 0.25) is 5.02 Å². The van der Waals surface area contributed by atoms with E-state index in [0.717, 1.165) is 49.4 Å².